The summed E-state index contributed by atoms with van der Waals surface area (Å²) in [6.45, 7) is 3.39. The van der Waals surface area contributed by atoms with Crippen molar-refractivity contribution in [2.75, 3.05) is 25.0 Å². The fourth-order valence-electron chi connectivity index (χ4n) is 4.46. The van der Waals surface area contributed by atoms with E-state index in [0.717, 1.165) is 42.8 Å². The van der Waals surface area contributed by atoms with Crippen LogP contribution in [0.4, 0.5) is 5.82 Å². The monoisotopic (exact) mass is 343 g/mol. The second-order valence-electron chi connectivity index (χ2n) is 7.36. The van der Waals surface area contributed by atoms with Gasteiger partial charge in [-0.1, -0.05) is 6.92 Å². The van der Waals surface area contributed by atoms with Gasteiger partial charge in [-0.25, -0.2) is 9.97 Å². The van der Waals surface area contributed by atoms with Gasteiger partial charge in [0.2, 0.25) is 0 Å². The Bertz CT molecular complexity index is 762. The van der Waals surface area contributed by atoms with Gasteiger partial charge in [0.05, 0.1) is 5.39 Å². The highest BCUT2D eigenvalue weighted by Crippen LogP contribution is 2.41. The highest BCUT2D eigenvalue weighted by atomic mass is 16.3. The zero-order valence-electron chi connectivity index (χ0n) is 14.7. The molecule has 1 unspecified atom stereocenters. The lowest BCUT2D eigenvalue weighted by Crippen LogP contribution is -2.39. The Morgan fingerprint density at radius 2 is 2.12 bits per heavy atom. The number of fused-ring (bicyclic) bond motifs is 2. The molecule has 25 heavy (non-hydrogen) atoms. The standard InChI is InChI=1S/C18H25N5O2/c1-3-15(24)18(25)23-8-11-6-13(7-12(11)9-23)22(2)17-14-4-5-19-16(14)20-10-21-17/h4-5,10-13,15,24H,3,6-9H2,1-2H3,(H,19,20,21)/t11-,12?,13+,15-/m1/s1. The quantitative estimate of drug-likeness (QED) is 0.876. The molecule has 1 aliphatic carbocycles. The van der Waals surface area contributed by atoms with Crippen LogP contribution in [0.15, 0.2) is 18.6 Å². The first-order valence-electron chi connectivity index (χ1n) is 9.06. The van der Waals surface area contributed by atoms with Gasteiger partial charge in [-0.3, -0.25) is 4.79 Å². The number of hydrogen-bond acceptors (Lipinski definition) is 5. The minimum atomic E-state index is -0.847. The molecule has 4 rings (SSSR count). The second kappa shape index (κ2) is 6.29. The summed E-state index contributed by atoms with van der Waals surface area (Å²) in [6, 6.07) is 2.44. The lowest BCUT2D eigenvalue weighted by atomic mass is 10.0. The fourth-order valence-corrected chi connectivity index (χ4v) is 4.46. The van der Waals surface area contributed by atoms with Crippen molar-refractivity contribution < 1.29 is 9.90 Å². The first kappa shape index (κ1) is 16.3. The van der Waals surface area contributed by atoms with Crippen molar-refractivity contribution in [3.05, 3.63) is 18.6 Å². The molecule has 1 saturated carbocycles. The van der Waals surface area contributed by atoms with Crippen molar-refractivity contribution in [1.82, 2.24) is 19.9 Å². The molecule has 2 aliphatic rings. The van der Waals surface area contributed by atoms with Crippen LogP contribution in [0, 0.1) is 11.8 Å². The molecule has 0 spiro atoms. The first-order valence-corrected chi connectivity index (χ1v) is 9.06. The molecule has 1 aliphatic heterocycles. The first-order chi connectivity index (χ1) is 12.1. The summed E-state index contributed by atoms with van der Waals surface area (Å²) in [5, 5.41) is 10.8. The molecule has 7 heteroatoms. The van der Waals surface area contributed by atoms with Crippen molar-refractivity contribution >= 4 is 22.8 Å². The molecule has 0 radical (unpaired) electrons. The maximum atomic E-state index is 12.2. The highest BCUT2D eigenvalue weighted by molar-refractivity contribution is 5.87. The predicted octanol–water partition coefficient (Wildman–Crippen LogP) is 1.40. The average Bonchev–Trinajstić information content (AvgIpc) is 3.32. The zero-order chi connectivity index (χ0) is 17.6. The van der Waals surface area contributed by atoms with E-state index in [2.05, 4.69) is 26.9 Å². The molecule has 0 bridgehead atoms. The van der Waals surface area contributed by atoms with Crippen molar-refractivity contribution in [3.8, 4) is 0 Å². The summed E-state index contributed by atoms with van der Waals surface area (Å²) < 4.78 is 0. The summed E-state index contributed by atoms with van der Waals surface area (Å²) in [6.07, 6.45) is 5.25. The summed E-state index contributed by atoms with van der Waals surface area (Å²) >= 11 is 0. The normalized spacial score (nSPS) is 26.8. The minimum absolute atomic E-state index is 0.105. The third kappa shape index (κ3) is 2.76. The number of anilines is 1. The number of nitrogens with zero attached hydrogens (tertiary/aromatic N) is 4. The number of amides is 1. The van der Waals surface area contributed by atoms with Crippen LogP contribution < -0.4 is 4.90 Å². The molecule has 134 valence electrons. The molecular formula is C18H25N5O2. The Balaban J connectivity index is 1.45. The lowest BCUT2D eigenvalue weighted by Gasteiger charge is -2.28. The maximum absolute atomic E-state index is 12.2. The number of aromatic nitrogens is 3. The number of hydrogen-bond donors (Lipinski definition) is 2. The third-order valence-electron chi connectivity index (χ3n) is 5.92. The number of carbonyl (C=O) groups is 1. The second-order valence-corrected chi connectivity index (χ2v) is 7.36. The van der Waals surface area contributed by atoms with E-state index in [1.807, 2.05) is 24.1 Å². The molecule has 1 amide bonds. The minimum Gasteiger partial charge on any atom is -0.383 e. The Kier molecular flexibility index (Phi) is 4.11. The van der Waals surface area contributed by atoms with Gasteiger partial charge in [0.15, 0.2) is 0 Å². The van der Waals surface area contributed by atoms with E-state index in [4.69, 9.17) is 0 Å². The average molecular weight is 343 g/mol. The molecule has 0 aromatic carbocycles. The fraction of sp³-hybridized carbons (Fsp3) is 0.611. The lowest BCUT2D eigenvalue weighted by molar-refractivity contribution is -0.139. The number of aliphatic hydroxyl groups excluding tert-OH is 1. The van der Waals surface area contributed by atoms with E-state index in [1.165, 1.54) is 0 Å². The summed E-state index contributed by atoms with van der Waals surface area (Å²) in [7, 11) is 2.10. The maximum Gasteiger partial charge on any atom is 0.251 e. The van der Waals surface area contributed by atoms with Gasteiger partial charge >= 0.3 is 0 Å². The zero-order valence-corrected chi connectivity index (χ0v) is 14.7. The van der Waals surface area contributed by atoms with Gasteiger partial charge in [-0.2, -0.15) is 0 Å². The topological polar surface area (TPSA) is 85.3 Å². The molecule has 2 aromatic heterocycles. The van der Waals surface area contributed by atoms with Crippen molar-refractivity contribution in [2.45, 2.75) is 38.3 Å². The van der Waals surface area contributed by atoms with Gasteiger partial charge in [0.1, 0.15) is 23.9 Å². The van der Waals surface area contributed by atoms with Crippen LogP contribution in [-0.4, -0.2) is 63.1 Å². The van der Waals surface area contributed by atoms with E-state index in [0.29, 0.717) is 24.3 Å². The summed E-state index contributed by atoms with van der Waals surface area (Å²) in [5.74, 6) is 1.89. The molecule has 2 fully saturated rings. The molecule has 7 nitrogen and oxygen atoms in total. The van der Waals surface area contributed by atoms with Crippen molar-refractivity contribution in [2.24, 2.45) is 11.8 Å². The van der Waals surface area contributed by atoms with Crippen LogP contribution in [0.25, 0.3) is 11.0 Å². The van der Waals surface area contributed by atoms with Gasteiger partial charge < -0.3 is 19.9 Å². The van der Waals surface area contributed by atoms with E-state index in [9.17, 15) is 9.90 Å². The molecule has 2 N–H and O–H groups in total. The smallest absolute Gasteiger partial charge is 0.251 e. The number of likely N-dealkylation sites (tertiary alicyclic amines) is 1. The van der Waals surface area contributed by atoms with E-state index in [-0.39, 0.29) is 5.91 Å². The van der Waals surface area contributed by atoms with E-state index >= 15 is 0 Å². The molecule has 2 aromatic rings. The summed E-state index contributed by atoms with van der Waals surface area (Å²) in [5.41, 5.74) is 0.861. The van der Waals surface area contributed by atoms with Gasteiger partial charge in [0, 0.05) is 32.4 Å². The predicted molar refractivity (Wildman–Crippen MR) is 95.2 cm³/mol. The van der Waals surface area contributed by atoms with Crippen LogP contribution in [0.1, 0.15) is 26.2 Å². The number of H-pyrrole nitrogens is 1. The number of rotatable bonds is 4. The van der Waals surface area contributed by atoms with Gasteiger partial charge in [-0.05, 0) is 37.2 Å². The van der Waals surface area contributed by atoms with Crippen LogP contribution in [-0.2, 0) is 4.79 Å². The van der Waals surface area contributed by atoms with Crippen LogP contribution in [0.2, 0.25) is 0 Å². The van der Waals surface area contributed by atoms with Crippen molar-refractivity contribution in [3.63, 3.8) is 0 Å². The van der Waals surface area contributed by atoms with Gasteiger partial charge in [-0.15, -0.1) is 0 Å². The van der Waals surface area contributed by atoms with Gasteiger partial charge in [0.25, 0.3) is 5.91 Å². The summed E-state index contributed by atoms with van der Waals surface area (Å²) in [4.78, 5) is 28.2. The molecule has 3 heterocycles. The molecule has 4 atom stereocenters. The SMILES string of the molecule is CC[C@@H](O)C(=O)N1CC2C[C@@H](N(C)c3ncnc4[nH]ccc34)C[C@@H]2C1. The van der Waals surface area contributed by atoms with E-state index < -0.39 is 6.10 Å². The number of aromatic amines is 1. The Labute approximate surface area is 147 Å². The van der Waals surface area contributed by atoms with Crippen LogP contribution in [0.5, 0.6) is 0 Å². The number of carbonyl (C=O) groups excluding carboxylic acids is 1. The Hall–Kier alpha value is -2.15. The molecule has 1 saturated heterocycles. The Morgan fingerprint density at radius 3 is 2.80 bits per heavy atom. The third-order valence-corrected chi connectivity index (χ3v) is 5.92. The van der Waals surface area contributed by atoms with Crippen LogP contribution in [0.3, 0.4) is 0 Å². The van der Waals surface area contributed by atoms with E-state index in [1.54, 1.807) is 6.33 Å². The highest BCUT2D eigenvalue weighted by Gasteiger charge is 2.44. The van der Waals surface area contributed by atoms with Crippen molar-refractivity contribution in [1.29, 1.82) is 0 Å². The number of aliphatic hydroxyl groups is 1. The van der Waals surface area contributed by atoms with Crippen LogP contribution >= 0.6 is 0 Å². The number of nitrogens with one attached hydrogen (secondary N) is 1. The largest absolute Gasteiger partial charge is 0.383 e. The Morgan fingerprint density at radius 1 is 1.40 bits per heavy atom. The molecular weight excluding hydrogens is 318 g/mol.